The molecular formula is C27H30N2O2S. The average Bonchev–Trinajstić information content (AvgIpc) is 3.48. The van der Waals surface area contributed by atoms with E-state index in [9.17, 15) is 9.59 Å². The minimum atomic E-state index is -0.718. The van der Waals surface area contributed by atoms with Gasteiger partial charge in [-0.15, -0.1) is 11.3 Å². The Morgan fingerprint density at radius 2 is 1.66 bits per heavy atom. The fraction of sp³-hybridized carbons (Fsp3) is 0.333. The molecule has 1 fully saturated rings. The first-order valence-corrected chi connectivity index (χ1v) is 12.2. The molecular weight excluding hydrogens is 416 g/mol. The van der Waals surface area contributed by atoms with E-state index in [1.54, 1.807) is 16.2 Å². The van der Waals surface area contributed by atoms with E-state index < -0.39 is 6.04 Å². The molecule has 1 atom stereocenters. The van der Waals surface area contributed by atoms with Crippen molar-refractivity contribution in [1.82, 2.24) is 5.32 Å². The number of benzene rings is 2. The summed E-state index contributed by atoms with van der Waals surface area (Å²) in [4.78, 5) is 30.3. The lowest BCUT2D eigenvalue weighted by Crippen LogP contribution is -2.47. The Labute approximate surface area is 194 Å². The zero-order valence-corrected chi connectivity index (χ0v) is 19.5. The predicted octanol–water partition coefficient (Wildman–Crippen LogP) is 5.74. The maximum Gasteiger partial charge on any atom is 0.248 e. The molecule has 2 aromatic carbocycles. The zero-order valence-electron chi connectivity index (χ0n) is 18.7. The van der Waals surface area contributed by atoms with Gasteiger partial charge in [-0.25, -0.2) is 0 Å². The van der Waals surface area contributed by atoms with Gasteiger partial charge >= 0.3 is 0 Å². The van der Waals surface area contributed by atoms with Gasteiger partial charge < -0.3 is 5.32 Å². The van der Waals surface area contributed by atoms with Crippen LogP contribution < -0.4 is 10.2 Å². The molecule has 0 spiro atoms. The minimum absolute atomic E-state index is 0.0692. The van der Waals surface area contributed by atoms with Crippen molar-refractivity contribution in [2.45, 2.75) is 58.0 Å². The Balaban J connectivity index is 1.79. The van der Waals surface area contributed by atoms with Crippen molar-refractivity contribution in [2.75, 3.05) is 4.90 Å². The standard InChI is InChI=1S/C27H30N2O2S/c1-19-10-8-11-20(2)25(19)29(24(30)18-23-16-9-17-32-23)26(21-12-4-3-5-13-21)27(31)28-22-14-6-7-15-22/h3-5,8-13,16-17,22,26H,6-7,14-15,18H2,1-2H3,(H,28,31)/t26-/m0/s1. The summed E-state index contributed by atoms with van der Waals surface area (Å²) >= 11 is 1.57. The summed E-state index contributed by atoms with van der Waals surface area (Å²) in [5.74, 6) is -0.175. The van der Waals surface area contributed by atoms with Crippen molar-refractivity contribution in [3.63, 3.8) is 0 Å². The summed E-state index contributed by atoms with van der Waals surface area (Å²) in [6.07, 6.45) is 4.54. The van der Waals surface area contributed by atoms with Gasteiger partial charge in [-0.1, -0.05) is 67.4 Å². The topological polar surface area (TPSA) is 49.4 Å². The van der Waals surface area contributed by atoms with Crippen LogP contribution in [-0.4, -0.2) is 17.9 Å². The van der Waals surface area contributed by atoms with E-state index in [4.69, 9.17) is 0 Å². The molecule has 166 valence electrons. The zero-order chi connectivity index (χ0) is 22.5. The predicted molar refractivity (Wildman–Crippen MR) is 131 cm³/mol. The molecule has 2 amide bonds. The molecule has 1 saturated carbocycles. The highest BCUT2D eigenvalue weighted by atomic mass is 32.1. The quantitative estimate of drug-likeness (QED) is 0.503. The van der Waals surface area contributed by atoms with Crippen LogP contribution in [-0.2, 0) is 16.0 Å². The average molecular weight is 447 g/mol. The van der Waals surface area contributed by atoms with Crippen molar-refractivity contribution >= 4 is 28.8 Å². The first-order valence-electron chi connectivity index (χ1n) is 11.3. The number of para-hydroxylation sites is 1. The van der Waals surface area contributed by atoms with Crippen LogP contribution in [0.5, 0.6) is 0 Å². The molecule has 4 rings (SSSR count). The molecule has 1 aromatic heterocycles. The molecule has 0 unspecified atom stereocenters. The molecule has 3 aromatic rings. The van der Waals surface area contributed by atoms with Crippen molar-refractivity contribution < 1.29 is 9.59 Å². The maximum absolute atomic E-state index is 13.8. The van der Waals surface area contributed by atoms with Crippen LogP contribution in [0.3, 0.4) is 0 Å². The first-order chi connectivity index (χ1) is 15.5. The number of carbonyl (C=O) groups is 2. The Hall–Kier alpha value is -2.92. The van der Waals surface area contributed by atoms with E-state index in [0.717, 1.165) is 52.9 Å². The lowest BCUT2D eigenvalue weighted by atomic mass is 9.99. The van der Waals surface area contributed by atoms with Crippen LogP contribution in [0.25, 0.3) is 0 Å². The highest BCUT2D eigenvalue weighted by Gasteiger charge is 2.35. The molecule has 0 bridgehead atoms. The number of aryl methyl sites for hydroxylation is 2. The van der Waals surface area contributed by atoms with Gasteiger partial charge in [0.05, 0.1) is 12.1 Å². The number of hydrogen-bond donors (Lipinski definition) is 1. The highest BCUT2D eigenvalue weighted by molar-refractivity contribution is 7.10. The fourth-order valence-electron chi connectivity index (χ4n) is 4.63. The molecule has 5 heteroatoms. The van der Waals surface area contributed by atoms with Crippen LogP contribution in [0, 0.1) is 13.8 Å². The van der Waals surface area contributed by atoms with Gasteiger partial charge in [-0.05, 0) is 54.8 Å². The van der Waals surface area contributed by atoms with Crippen LogP contribution >= 0.6 is 11.3 Å². The van der Waals surface area contributed by atoms with Crippen molar-refractivity contribution in [3.8, 4) is 0 Å². The summed E-state index contributed by atoms with van der Waals surface area (Å²) in [5, 5.41) is 5.23. The molecule has 0 saturated heterocycles. The van der Waals surface area contributed by atoms with Gasteiger partial charge in [0.1, 0.15) is 6.04 Å². The minimum Gasteiger partial charge on any atom is -0.351 e. The Kier molecular flexibility index (Phi) is 7.05. The van der Waals surface area contributed by atoms with Crippen LogP contribution in [0.15, 0.2) is 66.0 Å². The number of amides is 2. The lowest BCUT2D eigenvalue weighted by Gasteiger charge is -2.34. The van der Waals surface area contributed by atoms with E-state index in [-0.39, 0.29) is 24.3 Å². The molecule has 4 nitrogen and oxygen atoms in total. The monoisotopic (exact) mass is 446 g/mol. The summed E-state index contributed by atoms with van der Waals surface area (Å²) < 4.78 is 0. The van der Waals surface area contributed by atoms with Gasteiger partial charge in [0.25, 0.3) is 0 Å². The largest absolute Gasteiger partial charge is 0.351 e. The van der Waals surface area contributed by atoms with E-state index in [1.165, 1.54) is 0 Å². The summed E-state index contributed by atoms with van der Waals surface area (Å²) in [5.41, 5.74) is 3.62. The molecule has 1 N–H and O–H groups in total. The van der Waals surface area contributed by atoms with Crippen molar-refractivity contribution in [2.24, 2.45) is 0 Å². The third-order valence-electron chi connectivity index (χ3n) is 6.18. The molecule has 1 aliphatic rings. The number of thiophene rings is 1. The number of nitrogens with zero attached hydrogens (tertiary/aromatic N) is 1. The smallest absolute Gasteiger partial charge is 0.248 e. The second-order valence-electron chi connectivity index (χ2n) is 8.56. The third kappa shape index (κ3) is 4.94. The molecule has 0 aliphatic heterocycles. The second kappa shape index (κ2) is 10.1. The first kappa shape index (κ1) is 22.3. The number of carbonyl (C=O) groups excluding carboxylic acids is 2. The summed E-state index contributed by atoms with van der Waals surface area (Å²) in [6.45, 7) is 4.01. The number of anilines is 1. The summed E-state index contributed by atoms with van der Waals surface area (Å²) in [7, 11) is 0. The van der Waals surface area contributed by atoms with E-state index in [1.807, 2.05) is 79.9 Å². The van der Waals surface area contributed by atoms with Gasteiger partial charge in [-0.2, -0.15) is 0 Å². The summed E-state index contributed by atoms with van der Waals surface area (Å²) in [6, 6.07) is 19.1. The highest BCUT2D eigenvalue weighted by Crippen LogP contribution is 2.34. The van der Waals surface area contributed by atoms with Crippen LogP contribution in [0.2, 0.25) is 0 Å². The maximum atomic E-state index is 13.8. The number of hydrogen-bond acceptors (Lipinski definition) is 3. The van der Waals surface area contributed by atoms with Gasteiger partial charge in [0.15, 0.2) is 0 Å². The molecule has 32 heavy (non-hydrogen) atoms. The van der Waals surface area contributed by atoms with Gasteiger partial charge in [-0.3, -0.25) is 14.5 Å². The van der Waals surface area contributed by atoms with Crippen LogP contribution in [0.4, 0.5) is 5.69 Å². The molecule has 0 radical (unpaired) electrons. The normalized spacial score (nSPS) is 14.8. The second-order valence-corrected chi connectivity index (χ2v) is 9.60. The SMILES string of the molecule is Cc1cccc(C)c1N(C(=O)Cc1cccs1)[C@H](C(=O)NC1CCCC1)c1ccccc1. The molecule has 1 heterocycles. The van der Waals surface area contributed by atoms with E-state index >= 15 is 0 Å². The molecule has 1 aliphatic carbocycles. The van der Waals surface area contributed by atoms with E-state index in [2.05, 4.69) is 5.32 Å². The fourth-order valence-corrected chi connectivity index (χ4v) is 5.33. The number of rotatable bonds is 7. The third-order valence-corrected chi connectivity index (χ3v) is 7.05. The van der Waals surface area contributed by atoms with Gasteiger partial charge in [0.2, 0.25) is 11.8 Å². The Morgan fingerprint density at radius 1 is 0.969 bits per heavy atom. The Bertz CT molecular complexity index is 1040. The number of nitrogens with one attached hydrogen (secondary N) is 1. The lowest BCUT2D eigenvalue weighted by molar-refractivity contribution is -0.127. The van der Waals surface area contributed by atoms with E-state index in [0.29, 0.717) is 0 Å². The van der Waals surface area contributed by atoms with Gasteiger partial charge in [0, 0.05) is 10.9 Å². The van der Waals surface area contributed by atoms with Crippen LogP contribution in [0.1, 0.15) is 53.3 Å². The van der Waals surface area contributed by atoms with Crippen molar-refractivity contribution in [3.05, 3.63) is 87.6 Å². The van der Waals surface area contributed by atoms with Crippen molar-refractivity contribution in [1.29, 1.82) is 0 Å². The Morgan fingerprint density at radius 3 is 2.28 bits per heavy atom.